The number of anilines is 1. The standard InChI is InChI=1S/C20H20N6/c1-14-18(24-13-23-14)20-22-9-12-26(20)16-6-7-17(25-10-2-3-11-25)19-15(16)5-4-8-21-19/h4-9,12-13H,2-3,10-11H2,1H3,(H,23,24). The van der Waals surface area contributed by atoms with Crippen molar-refractivity contribution >= 4 is 16.6 Å². The Morgan fingerprint density at radius 3 is 2.62 bits per heavy atom. The van der Waals surface area contributed by atoms with E-state index in [4.69, 9.17) is 4.98 Å². The number of pyridine rings is 1. The zero-order chi connectivity index (χ0) is 17.5. The smallest absolute Gasteiger partial charge is 0.165 e. The van der Waals surface area contributed by atoms with E-state index >= 15 is 0 Å². The molecule has 0 aliphatic carbocycles. The van der Waals surface area contributed by atoms with Crippen molar-refractivity contribution in [2.75, 3.05) is 18.0 Å². The number of aryl methyl sites for hydroxylation is 1. The number of hydrogen-bond donors (Lipinski definition) is 1. The van der Waals surface area contributed by atoms with Crippen LogP contribution in [0, 0.1) is 6.92 Å². The Labute approximate surface area is 151 Å². The van der Waals surface area contributed by atoms with Gasteiger partial charge in [-0.25, -0.2) is 9.97 Å². The Kier molecular flexibility index (Phi) is 3.48. The number of imidazole rings is 2. The van der Waals surface area contributed by atoms with Gasteiger partial charge in [-0.2, -0.15) is 0 Å². The number of hydrogen-bond acceptors (Lipinski definition) is 4. The van der Waals surface area contributed by atoms with Crippen molar-refractivity contribution in [1.82, 2.24) is 24.5 Å². The molecule has 1 saturated heterocycles. The van der Waals surface area contributed by atoms with Gasteiger partial charge in [-0.15, -0.1) is 0 Å². The Hall–Kier alpha value is -3.15. The lowest BCUT2D eigenvalue weighted by Gasteiger charge is -2.21. The summed E-state index contributed by atoms with van der Waals surface area (Å²) in [6.45, 7) is 4.22. The molecular weight excluding hydrogens is 324 g/mol. The predicted octanol–water partition coefficient (Wildman–Crippen LogP) is 3.72. The maximum Gasteiger partial charge on any atom is 0.165 e. The zero-order valence-corrected chi connectivity index (χ0v) is 14.7. The van der Waals surface area contributed by atoms with Gasteiger partial charge in [0.15, 0.2) is 5.82 Å². The molecule has 1 N–H and O–H groups in total. The number of aromatic nitrogens is 5. The van der Waals surface area contributed by atoms with E-state index in [0.29, 0.717) is 0 Å². The van der Waals surface area contributed by atoms with Crippen LogP contribution in [0.3, 0.4) is 0 Å². The maximum absolute atomic E-state index is 4.71. The van der Waals surface area contributed by atoms with Crippen LogP contribution in [0.25, 0.3) is 28.1 Å². The van der Waals surface area contributed by atoms with Crippen molar-refractivity contribution in [3.8, 4) is 17.2 Å². The Balaban J connectivity index is 1.71. The summed E-state index contributed by atoms with van der Waals surface area (Å²) >= 11 is 0. The SMILES string of the molecule is Cc1[nH]cnc1-c1nccn1-c1ccc(N2CCCC2)c2ncccc12. The third-order valence-corrected chi connectivity index (χ3v) is 5.11. The lowest BCUT2D eigenvalue weighted by atomic mass is 10.1. The first-order chi connectivity index (χ1) is 12.8. The minimum atomic E-state index is 0.836. The van der Waals surface area contributed by atoms with Gasteiger partial charge in [0.25, 0.3) is 0 Å². The Bertz CT molecular complexity index is 1070. The summed E-state index contributed by atoms with van der Waals surface area (Å²) in [7, 11) is 0. The molecule has 26 heavy (non-hydrogen) atoms. The molecule has 5 rings (SSSR count). The second kappa shape index (κ2) is 5.98. The van der Waals surface area contributed by atoms with Gasteiger partial charge in [0, 0.05) is 42.8 Å². The fourth-order valence-corrected chi connectivity index (χ4v) is 3.82. The molecule has 4 heterocycles. The zero-order valence-electron chi connectivity index (χ0n) is 14.7. The molecule has 0 saturated carbocycles. The normalized spacial score (nSPS) is 14.4. The molecule has 0 unspecified atom stereocenters. The number of nitrogens with zero attached hydrogens (tertiary/aromatic N) is 5. The fraction of sp³-hybridized carbons (Fsp3) is 0.250. The number of aromatic amines is 1. The predicted molar refractivity (Wildman–Crippen MR) is 103 cm³/mol. The molecule has 6 nitrogen and oxygen atoms in total. The first-order valence-corrected chi connectivity index (χ1v) is 8.99. The van der Waals surface area contributed by atoms with Crippen LogP contribution in [0.1, 0.15) is 18.5 Å². The van der Waals surface area contributed by atoms with Gasteiger partial charge < -0.3 is 9.88 Å². The molecule has 0 amide bonds. The van der Waals surface area contributed by atoms with Gasteiger partial charge in [-0.1, -0.05) is 0 Å². The Morgan fingerprint density at radius 1 is 0.962 bits per heavy atom. The van der Waals surface area contributed by atoms with Crippen LogP contribution in [0.2, 0.25) is 0 Å². The average Bonchev–Trinajstić information content (AvgIpc) is 3.42. The molecule has 130 valence electrons. The van der Waals surface area contributed by atoms with E-state index in [0.717, 1.165) is 46.9 Å². The molecular formula is C20H20N6. The van der Waals surface area contributed by atoms with Gasteiger partial charge in [0.1, 0.15) is 5.69 Å². The topological polar surface area (TPSA) is 62.6 Å². The molecule has 1 fully saturated rings. The molecule has 1 aliphatic rings. The van der Waals surface area contributed by atoms with Gasteiger partial charge in [-0.3, -0.25) is 9.55 Å². The lowest BCUT2D eigenvalue weighted by Crippen LogP contribution is -2.18. The van der Waals surface area contributed by atoms with Crippen LogP contribution in [0.5, 0.6) is 0 Å². The largest absolute Gasteiger partial charge is 0.370 e. The molecule has 3 aromatic heterocycles. The van der Waals surface area contributed by atoms with Crippen LogP contribution >= 0.6 is 0 Å². The summed E-state index contributed by atoms with van der Waals surface area (Å²) < 4.78 is 2.10. The lowest BCUT2D eigenvalue weighted by molar-refractivity contribution is 0.949. The minimum Gasteiger partial charge on any atom is -0.370 e. The quantitative estimate of drug-likeness (QED) is 0.615. The monoisotopic (exact) mass is 344 g/mol. The number of nitrogens with one attached hydrogen (secondary N) is 1. The summed E-state index contributed by atoms with van der Waals surface area (Å²) in [5.74, 6) is 0.836. The highest BCUT2D eigenvalue weighted by molar-refractivity contribution is 5.97. The molecule has 0 bridgehead atoms. The third kappa shape index (κ3) is 2.29. The third-order valence-electron chi connectivity index (χ3n) is 5.11. The van der Waals surface area contributed by atoms with E-state index < -0.39 is 0 Å². The summed E-state index contributed by atoms with van der Waals surface area (Å²) in [6.07, 6.45) is 9.89. The van der Waals surface area contributed by atoms with E-state index in [-0.39, 0.29) is 0 Å². The number of H-pyrrole nitrogens is 1. The van der Waals surface area contributed by atoms with Gasteiger partial charge in [0.2, 0.25) is 0 Å². The van der Waals surface area contributed by atoms with Gasteiger partial charge in [0.05, 0.1) is 23.2 Å². The van der Waals surface area contributed by atoms with Crippen LogP contribution in [0.4, 0.5) is 5.69 Å². The molecule has 0 atom stereocenters. The first kappa shape index (κ1) is 15.1. The maximum atomic E-state index is 4.71. The summed E-state index contributed by atoms with van der Waals surface area (Å²) in [6, 6.07) is 8.50. The molecule has 1 aliphatic heterocycles. The fourth-order valence-electron chi connectivity index (χ4n) is 3.82. The molecule has 6 heteroatoms. The second-order valence-corrected chi connectivity index (χ2v) is 6.69. The van der Waals surface area contributed by atoms with Gasteiger partial charge in [-0.05, 0) is 44.0 Å². The van der Waals surface area contributed by atoms with Crippen molar-refractivity contribution < 1.29 is 0 Å². The molecule has 0 radical (unpaired) electrons. The molecule has 0 spiro atoms. The summed E-state index contributed by atoms with van der Waals surface area (Å²) in [5.41, 5.74) is 5.22. The van der Waals surface area contributed by atoms with E-state index in [1.54, 1.807) is 6.33 Å². The minimum absolute atomic E-state index is 0.836. The van der Waals surface area contributed by atoms with Crippen molar-refractivity contribution in [3.63, 3.8) is 0 Å². The van der Waals surface area contributed by atoms with E-state index in [9.17, 15) is 0 Å². The van der Waals surface area contributed by atoms with Crippen molar-refractivity contribution in [2.45, 2.75) is 19.8 Å². The van der Waals surface area contributed by atoms with Crippen LogP contribution < -0.4 is 4.90 Å². The van der Waals surface area contributed by atoms with E-state index in [2.05, 4.69) is 42.6 Å². The van der Waals surface area contributed by atoms with Crippen molar-refractivity contribution in [3.05, 3.63) is 54.9 Å². The molecule has 4 aromatic rings. The van der Waals surface area contributed by atoms with Crippen LogP contribution in [-0.4, -0.2) is 37.6 Å². The van der Waals surface area contributed by atoms with Crippen LogP contribution in [0.15, 0.2) is 49.2 Å². The average molecular weight is 344 g/mol. The van der Waals surface area contributed by atoms with Crippen LogP contribution in [-0.2, 0) is 0 Å². The second-order valence-electron chi connectivity index (χ2n) is 6.69. The Morgan fingerprint density at radius 2 is 1.81 bits per heavy atom. The summed E-state index contributed by atoms with van der Waals surface area (Å²) in [4.78, 5) is 19.3. The van der Waals surface area contributed by atoms with Crippen molar-refractivity contribution in [2.24, 2.45) is 0 Å². The first-order valence-electron chi connectivity index (χ1n) is 8.99. The van der Waals surface area contributed by atoms with Gasteiger partial charge >= 0.3 is 0 Å². The highest BCUT2D eigenvalue weighted by atomic mass is 15.2. The highest BCUT2D eigenvalue weighted by Crippen LogP contribution is 2.33. The number of rotatable bonds is 3. The number of fused-ring (bicyclic) bond motifs is 1. The van der Waals surface area contributed by atoms with E-state index in [1.165, 1.54) is 18.5 Å². The highest BCUT2D eigenvalue weighted by Gasteiger charge is 2.19. The summed E-state index contributed by atoms with van der Waals surface area (Å²) in [5, 5.41) is 1.13. The number of benzene rings is 1. The molecule has 1 aromatic carbocycles. The van der Waals surface area contributed by atoms with Crippen molar-refractivity contribution in [1.29, 1.82) is 0 Å². The van der Waals surface area contributed by atoms with E-state index in [1.807, 2.05) is 31.6 Å².